The Morgan fingerprint density at radius 1 is 1.53 bits per heavy atom. The van der Waals surface area contributed by atoms with E-state index in [1.165, 1.54) is 5.56 Å². The van der Waals surface area contributed by atoms with E-state index in [-0.39, 0.29) is 5.92 Å². The molecule has 0 aliphatic rings. The average Bonchev–Trinajstić information content (AvgIpc) is 2.17. The molecule has 82 valence electrons. The van der Waals surface area contributed by atoms with Gasteiger partial charge < -0.3 is 10.4 Å². The number of rotatable bonds is 5. The van der Waals surface area contributed by atoms with Crippen molar-refractivity contribution < 1.29 is 9.90 Å². The molecule has 0 saturated carbocycles. The highest BCUT2D eigenvalue weighted by Crippen LogP contribution is 2.10. The van der Waals surface area contributed by atoms with E-state index in [1.54, 1.807) is 6.92 Å². The van der Waals surface area contributed by atoms with Crippen molar-refractivity contribution in [2.75, 3.05) is 11.9 Å². The number of aryl methyl sites for hydroxylation is 1. The normalized spacial score (nSPS) is 12.1. The molecule has 3 nitrogen and oxygen atoms in total. The summed E-state index contributed by atoms with van der Waals surface area (Å²) in [4.78, 5) is 10.6. The van der Waals surface area contributed by atoms with Crippen LogP contribution in [-0.2, 0) is 4.79 Å². The van der Waals surface area contributed by atoms with E-state index in [0.717, 1.165) is 5.69 Å². The first kappa shape index (κ1) is 11.6. The molecule has 1 atom stereocenters. The highest BCUT2D eigenvalue weighted by Gasteiger charge is 2.09. The Kier molecular flexibility index (Phi) is 4.16. The minimum Gasteiger partial charge on any atom is -0.481 e. The van der Waals surface area contributed by atoms with Gasteiger partial charge in [0.15, 0.2) is 0 Å². The summed E-state index contributed by atoms with van der Waals surface area (Å²) < 4.78 is 0. The van der Waals surface area contributed by atoms with Gasteiger partial charge in [-0.25, -0.2) is 0 Å². The molecule has 0 radical (unpaired) electrons. The maximum absolute atomic E-state index is 10.6. The van der Waals surface area contributed by atoms with E-state index < -0.39 is 5.97 Å². The third kappa shape index (κ3) is 4.02. The largest absolute Gasteiger partial charge is 0.481 e. The van der Waals surface area contributed by atoms with Crippen LogP contribution in [0.5, 0.6) is 0 Å². The van der Waals surface area contributed by atoms with E-state index in [1.807, 2.05) is 31.2 Å². The van der Waals surface area contributed by atoms with E-state index in [0.29, 0.717) is 13.0 Å². The van der Waals surface area contributed by atoms with Crippen LogP contribution in [0.3, 0.4) is 0 Å². The second-order valence-electron chi connectivity index (χ2n) is 3.82. The monoisotopic (exact) mass is 207 g/mol. The van der Waals surface area contributed by atoms with Crippen molar-refractivity contribution in [2.45, 2.75) is 20.3 Å². The molecule has 1 rings (SSSR count). The van der Waals surface area contributed by atoms with Gasteiger partial charge in [0.2, 0.25) is 0 Å². The standard InChI is InChI=1S/C12H17NO2/c1-9-4-3-5-11(8-9)13-7-6-10(2)12(14)15/h3-5,8,10,13H,6-7H2,1-2H3,(H,14,15). The van der Waals surface area contributed by atoms with Gasteiger partial charge in [0.25, 0.3) is 0 Å². The van der Waals surface area contributed by atoms with Gasteiger partial charge in [-0.05, 0) is 31.0 Å². The summed E-state index contributed by atoms with van der Waals surface area (Å²) in [5, 5.41) is 11.9. The van der Waals surface area contributed by atoms with Crippen molar-refractivity contribution in [3.63, 3.8) is 0 Å². The van der Waals surface area contributed by atoms with Gasteiger partial charge in [0, 0.05) is 12.2 Å². The molecule has 1 aromatic carbocycles. The van der Waals surface area contributed by atoms with Crippen LogP contribution in [0, 0.1) is 12.8 Å². The number of aliphatic carboxylic acids is 1. The molecule has 0 saturated heterocycles. The Balaban J connectivity index is 2.35. The van der Waals surface area contributed by atoms with Crippen molar-refractivity contribution >= 4 is 11.7 Å². The predicted molar refractivity (Wildman–Crippen MR) is 61.1 cm³/mol. The number of carboxylic acids is 1. The molecule has 0 fully saturated rings. The highest BCUT2D eigenvalue weighted by molar-refractivity contribution is 5.69. The SMILES string of the molecule is Cc1cccc(NCCC(C)C(=O)O)c1. The molecule has 0 aliphatic heterocycles. The van der Waals surface area contributed by atoms with Gasteiger partial charge in [-0.2, -0.15) is 0 Å². The molecule has 0 bridgehead atoms. The predicted octanol–water partition coefficient (Wildman–Crippen LogP) is 2.52. The fourth-order valence-corrected chi connectivity index (χ4v) is 1.31. The lowest BCUT2D eigenvalue weighted by Gasteiger charge is -2.09. The van der Waals surface area contributed by atoms with Gasteiger partial charge in [-0.3, -0.25) is 4.79 Å². The fraction of sp³-hybridized carbons (Fsp3) is 0.417. The molecule has 1 unspecified atom stereocenters. The highest BCUT2D eigenvalue weighted by atomic mass is 16.4. The first-order valence-electron chi connectivity index (χ1n) is 5.13. The number of benzene rings is 1. The second-order valence-corrected chi connectivity index (χ2v) is 3.82. The fourth-order valence-electron chi connectivity index (χ4n) is 1.31. The molecule has 2 N–H and O–H groups in total. The molecule has 3 heteroatoms. The minimum absolute atomic E-state index is 0.290. The summed E-state index contributed by atoms with van der Waals surface area (Å²) in [6, 6.07) is 8.05. The van der Waals surface area contributed by atoms with Crippen LogP contribution in [-0.4, -0.2) is 17.6 Å². The molecule has 0 aromatic heterocycles. The molecule has 15 heavy (non-hydrogen) atoms. The van der Waals surface area contributed by atoms with Crippen molar-refractivity contribution in [3.8, 4) is 0 Å². The molecular weight excluding hydrogens is 190 g/mol. The zero-order valence-electron chi connectivity index (χ0n) is 9.16. The Morgan fingerprint density at radius 2 is 2.27 bits per heavy atom. The van der Waals surface area contributed by atoms with E-state index in [9.17, 15) is 4.79 Å². The smallest absolute Gasteiger partial charge is 0.306 e. The Labute approximate surface area is 90.1 Å². The van der Waals surface area contributed by atoms with Crippen molar-refractivity contribution in [3.05, 3.63) is 29.8 Å². The van der Waals surface area contributed by atoms with E-state index >= 15 is 0 Å². The minimum atomic E-state index is -0.735. The zero-order chi connectivity index (χ0) is 11.3. The molecule has 1 aromatic rings. The van der Waals surface area contributed by atoms with Crippen LogP contribution in [0.2, 0.25) is 0 Å². The number of carboxylic acid groups (broad SMARTS) is 1. The number of anilines is 1. The Bertz CT molecular complexity index is 336. The van der Waals surface area contributed by atoms with Crippen LogP contribution < -0.4 is 5.32 Å². The summed E-state index contributed by atoms with van der Waals surface area (Å²) in [7, 11) is 0. The van der Waals surface area contributed by atoms with Crippen LogP contribution in [0.15, 0.2) is 24.3 Å². The van der Waals surface area contributed by atoms with Crippen LogP contribution in [0.1, 0.15) is 18.9 Å². The number of hydrogen-bond donors (Lipinski definition) is 2. The first-order valence-corrected chi connectivity index (χ1v) is 5.13. The van der Waals surface area contributed by atoms with Gasteiger partial charge in [-0.15, -0.1) is 0 Å². The molecule has 0 heterocycles. The maximum Gasteiger partial charge on any atom is 0.306 e. The lowest BCUT2D eigenvalue weighted by Crippen LogP contribution is -2.14. The molecule has 0 aliphatic carbocycles. The lowest BCUT2D eigenvalue weighted by atomic mass is 10.1. The molecule has 0 spiro atoms. The van der Waals surface area contributed by atoms with Gasteiger partial charge >= 0.3 is 5.97 Å². The molecule has 0 amide bonds. The van der Waals surface area contributed by atoms with E-state index in [2.05, 4.69) is 5.32 Å². The summed E-state index contributed by atoms with van der Waals surface area (Å²) in [5.41, 5.74) is 2.25. The quantitative estimate of drug-likeness (QED) is 0.780. The van der Waals surface area contributed by atoms with Crippen molar-refractivity contribution in [2.24, 2.45) is 5.92 Å². The number of nitrogens with one attached hydrogen (secondary N) is 1. The Morgan fingerprint density at radius 3 is 2.87 bits per heavy atom. The topological polar surface area (TPSA) is 49.3 Å². The summed E-state index contributed by atoms with van der Waals surface area (Å²) in [6.07, 6.45) is 0.642. The van der Waals surface area contributed by atoms with Gasteiger partial charge in [-0.1, -0.05) is 19.1 Å². The summed E-state index contributed by atoms with van der Waals surface area (Å²) in [6.45, 7) is 4.45. The van der Waals surface area contributed by atoms with Gasteiger partial charge in [0.05, 0.1) is 5.92 Å². The maximum atomic E-state index is 10.6. The second kappa shape index (κ2) is 5.39. The zero-order valence-corrected chi connectivity index (χ0v) is 9.16. The van der Waals surface area contributed by atoms with Crippen molar-refractivity contribution in [1.82, 2.24) is 0 Å². The summed E-state index contributed by atoms with van der Waals surface area (Å²) in [5.74, 6) is -1.02. The number of hydrogen-bond acceptors (Lipinski definition) is 2. The summed E-state index contributed by atoms with van der Waals surface area (Å²) >= 11 is 0. The van der Waals surface area contributed by atoms with Crippen LogP contribution >= 0.6 is 0 Å². The Hall–Kier alpha value is -1.51. The molecular formula is C12H17NO2. The van der Waals surface area contributed by atoms with Crippen LogP contribution in [0.25, 0.3) is 0 Å². The average molecular weight is 207 g/mol. The van der Waals surface area contributed by atoms with E-state index in [4.69, 9.17) is 5.11 Å². The number of carbonyl (C=O) groups is 1. The van der Waals surface area contributed by atoms with Crippen molar-refractivity contribution in [1.29, 1.82) is 0 Å². The third-order valence-corrected chi connectivity index (χ3v) is 2.35. The van der Waals surface area contributed by atoms with Crippen LogP contribution in [0.4, 0.5) is 5.69 Å². The lowest BCUT2D eigenvalue weighted by molar-refractivity contribution is -0.141. The first-order chi connectivity index (χ1) is 7.09. The third-order valence-electron chi connectivity index (χ3n) is 2.35. The van der Waals surface area contributed by atoms with Gasteiger partial charge in [0.1, 0.15) is 0 Å².